The van der Waals surface area contributed by atoms with Gasteiger partial charge in [0.05, 0.1) is 0 Å². The minimum atomic E-state index is 0.292. The number of hydrogen-bond acceptors (Lipinski definition) is 3. The number of aliphatic hydroxyl groups excluding tert-OH is 1. The van der Waals surface area contributed by atoms with Crippen LogP contribution in [0.1, 0.15) is 19.3 Å². The number of halogens is 1. The Morgan fingerprint density at radius 2 is 2.13 bits per heavy atom. The van der Waals surface area contributed by atoms with Crippen LogP contribution in [0.5, 0.6) is 0 Å². The van der Waals surface area contributed by atoms with Gasteiger partial charge in [0.1, 0.15) is 5.82 Å². The first-order valence-electron chi connectivity index (χ1n) is 5.17. The molecule has 0 atom stereocenters. The summed E-state index contributed by atoms with van der Waals surface area (Å²) in [6, 6.07) is 3.99. The normalized spacial score (nSPS) is 10.3. The first-order valence-corrected chi connectivity index (χ1v) is 5.97. The Hall–Kier alpha value is -0.610. The minimum Gasteiger partial charge on any atom is -0.396 e. The van der Waals surface area contributed by atoms with Gasteiger partial charge in [0, 0.05) is 30.9 Å². The van der Waals surface area contributed by atoms with Gasteiger partial charge in [0.25, 0.3) is 0 Å². The molecular weight excluding hydrogens is 256 g/mol. The molecule has 84 valence electrons. The van der Waals surface area contributed by atoms with Gasteiger partial charge in [-0.05, 0) is 47.3 Å². The number of aromatic nitrogens is 1. The van der Waals surface area contributed by atoms with Gasteiger partial charge in [0.15, 0.2) is 0 Å². The second-order valence-corrected chi connectivity index (χ2v) is 4.46. The minimum absolute atomic E-state index is 0.292. The van der Waals surface area contributed by atoms with E-state index in [1.54, 1.807) is 6.20 Å². The van der Waals surface area contributed by atoms with Crippen LogP contribution in [-0.4, -0.2) is 30.3 Å². The van der Waals surface area contributed by atoms with Crippen molar-refractivity contribution in [3.63, 3.8) is 0 Å². The van der Waals surface area contributed by atoms with Crippen molar-refractivity contribution in [2.75, 3.05) is 25.1 Å². The molecule has 0 unspecified atom stereocenters. The van der Waals surface area contributed by atoms with E-state index >= 15 is 0 Å². The van der Waals surface area contributed by atoms with E-state index in [0.29, 0.717) is 6.61 Å². The molecule has 4 heteroatoms. The Balaban J connectivity index is 2.33. The van der Waals surface area contributed by atoms with Crippen LogP contribution >= 0.6 is 15.9 Å². The van der Waals surface area contributed by atoms with E-state index in [1.165, 1.54) is 0 Å². The van der Waals surface area contributed by atoms with Crippen LogP contribution in [0.3, 0.4) is 0 Å². The molecule has 1 rings (SSSR count). The third-order valence-corrected chi connectivity index (χ3v) is 2.72. The third kappa shape index (κ3) is 4.62. The Kier molecular flexibility index (Phi) is 5.65. The van der Waals surface area contributed by atoms with E-state index in [4.69, 9.17) is 5.11 Å². The second kappa shape index (κ2) is 6.80. The summed E-state index contributed by atoms with van der Waals surface area (Å²) < 4.78 is 1.000. The average molecular weight is 273 g/mol. The number of unbranched alkanes of at least 4 members (excludes halogenated alkanes) is 2. The van der Waals surface area contributed by atoms with Crippen LogP contribution in [0.2, 0.25) is 0 Å². The van der Waals surface area contributed by atoms with Crippen molar-refractivity contribution in [2.24, 2.45) is 0 Å². The Bertz CT molecular complexity index is 276. The van der Waals surface area contributed by atoms with Gasteiger partial charge in [-0.25, -0.2) is 4.98 Å². The summed E-state index contributed by atoms with van der Waals surface area (Å²) in [6.45, 7) is 1.27. The van der Waals surface area contributed by atoms with Crippen molar-refractivity contribution in [1.82, 2.24) is 4.98 Å². The van der Waals surface area contributed by atoms with Gasteiger partial charge in [-0.15, -0.1) is 0 Å². The quantitative estimate of drug-likeness (QED) is 0.809. The fraction of sp³-hybridized carbons (Fsp3) is 0.545. The maximum Gasteiger partial charge on any atom is 0.128 e. The third-order valence-electron chi connectivity index (χ3n) is 2.25. The predicted molar refractivity (Wildman–Crippen MR) is 66.1 cm³/mol. The first kappa shape index (κ1) is 12.5. The van der Waals surface area contributed by atoms with Crippen LogP contribution in [0.25, 0.3) is 0 Å². The van der Waals surface area contributed by atoms with E-state index in [-0.39, 0.29) is 0 Å². The average Bonchev–Trinajstić information content (AvgIpc) is 2.25. The number of aliphatic hydroxyl groups is 1. The van der Waals surface area contributed by atoms with Gasteiger partial charge in [-0.2, -0.15) is 0 Å². The van der Waals surface area contributed by atoms with Crippen molar-refractivity contribution in [1.29, 1.82) is 0 Å². The molecule has 0 bridgehead atoms. The lowest BCUT2D eigenvalue weighted by molar-refractivity contribution is 0.283. The largest absolute Gasteiger partial charge is 0.396 e. The van der Waals surface area contributed by atoms with Gasteiger partial charge in [-0.3, -0.25) is 0 Å². The van der Waals surface area contributed by atoms with Crippen LogP contribution in [0.4, 0.5) is 5.82 Å². The van der Waals surface area contributed by atoms with E-state index in [9.17, 15) is 0 Å². The lowest BCUT2D eigenvalue weighted by Crippen LogP contribution is -2.19. The highest BCUT2D eigenvalue weighted by molar-refractivity contribution is 9.10. The molecular formula is C11H17BrN2O. The highest BCUT2D eigenvalue weighted by Crippen LogP contribution is 2.13. The van der Waals surface area contributed by atoms with E-state index < -0.39 is 0 Å². The maximum absolute atomic E-state index is 8.65. The first-order chi connectivity index (χ1) is 7.24. The lowest BCUT2D eigenvalue weighted by Gasteiger charge is -2.17. The van der Waals surface area contributed by atoms with Crippen molar-refractivity contribution in [3.05, 3.63) is 22.8 Å². The van der Waals surface area contributed by atoms with Crippen LogP contribution in [0, 0.1) is 0 Å². The zero-order valence-electron chi connectivity index (χ0n) is 8.99. The van der Waals surface area contributed by atoms with Gasteiger partial charge >= 0.3 is 0 Å². The van der Waals surface area contributed by atoms with E-state index in [0.717, 1.165) is 36.1 Å². The molecule has 1 aromatic rings. The SMILES string of the molecule is CN(CCCCCO)c1ccc(Br)cn1. The summed E-state index contributed by atoms with van der Waals surface area (Å²) in [6.07, 6.45) is 4.85. The molecule has 1 heterocycles. The Morgan fingerprint density at radius 3 is 2.73 bits per heavy atom. The van der Waals surface area contributed by atoms with Gasteiger partial charge < -0.3 is 10.0 Å². The van der Waals surface area contributed by atoms with Crippen molar-refractivity contribution < 1.29 is 5.11 Å². The van der Waals surface area contributed by atoms with Crippen molar-refractivity contribution in [2.45, 2.75) is 19.3 Å². The summed E-state index contributed by atoms with van der Waals surface area (Å²) >= 11 is 3.36. The molecule has 0 fully saturated rings. The fourth-order valence-electron chi connectivity index (χ4n) is 1.35. The zero-order valence-corrected chi connectivity index (χ0v) is 10.6. The monoisotopic (exact) mass is 272 g/mol. The number of anilines is 1. The summed E-state index contributed by atoms with van der Waals surface area (Å²) in [5.41, 5.74) is 0. The predicted octanol–water partition coefficient (Wildman–Crippen LogP) is 2.44. The number of rotatable bonds is 6. The molecule has 0 aliphatic carbocycles. The van der Waals surface area contributed by atoms with Crippen LogP contribution in [-0.2, 0) is 0 Å². The Morgan fingerprint density at radius 1 is 1.33 bits per heavy atom. The molecule has 15 heavy (non-hydrogen) atoms. The summed E-state index contributed by atoms with van der Waals surface area (Å²) in [7, 11) is 2.04. The van der Waals surface area contributed by atoms with Gasteiger partial charge in [-0.1, -0.05) is 0 Å². The van der Waals surface area contributed by atoms with Crippen molar-refractivity contribution in [3.8, 4) is 0 Å². The molecule has 0 spiro atoms. The zero-order chi connectivity index (χ0) is 11.1. The van der Waals surface area contributed by atoms with Crippen LogP contribution in [0.15, 0.2) is 22.8 Å². The van der Waals surface area contributed by atoms with Crippen molar-refractivity contribution >= 4 is 21.7 Å². The maximum atomic E-state index is 8.65. The fourth-order valence-corrected chi connectivity index (χ4v) is 1.58. The highest BCUT2D eigenvalue weighted by Gasteiger charge is 2.01. The second-order valence-electron chi connectivity index (χ2n) is 3.54. The molecule has 0 aliphatic heterocycles. The summed E-state index contributed by atoms with van der Waals surface area (Å²) in [4.78, 5) is 6.44. The molecule has 3 nitrogen and oxygen atoms in total. The van der Waals surface area contributed by atoms with E-state index in [2.05, 4.69) is 25.8 Å². The molecule has 0 aromatic carbocycles. The molecule has 0 saturated carbocycles. The molecule has 0 saturated heterocycles. The number of nitrogens with zero attached hydrogens (tertiary/aromatic N) is 2. The molecule has 1 N–H and O–H groups in total. The van der Waals surface area contributed by atoms with Gasteiger partial charge in [0.2, 0.25) is 0 Å². The molecule has 0 amide bonds. The lowest BCUT2D eigenvalue weighted by atomic mass is 10.2. The standard InChI is InChI=1S/C11H17BrN2O/c1-14(7-3-2-4-8-15)11-6-5-10(12)9-13-11/h5-6,9,15H,2-4,7-8H2,1H3. The molecule has 0 aliphatic rings. The Labute approximate surface area is 99.3 Å². The van der Waals surface area contributed by atoms with Crippen LogP contribution < -0.4 is 4.90 Å². The number of hydrogen-bond donors (Lipinski definition) is 1. The topological polar surface area (TPSA) is 36.4 Å². The summed E-state index contributed by atoms with van der Waals surface area (Å²) in [5, 5.41) is 8.65. The summed E-state index contributed by atoms with van der Waals surface area (Å²) in [5.74, 6) is 0.988. The molecule has 1 aromatic heterocycles. The van der Waals surface area contributed by atoms with E-state index in [1.807, 2.05) is 19.2 Å². The highest BCUT2D eigenvalue weighted by atomic mass is 79.9. The number of pyridine rings is 1. The smallest absolute Gasteiger partial charge is 0.128 e. The molecule has 0 radical (unpaired) electrons.